The molecule has 0 spiro atoms. The predicted molar refractivity (Wildman–Crippen MR) is 108 cm³/mol. The van der Waals surface area contributed by atoms with E-state index in [9.17, 15) is 5.11 Å². The van der Waals surface area contributed by atoms with E-state index in [-0.39, 0.29) is 16.7 Å². The SMILES string of the molecule is CCOc1ccc(NC(=S)N=Nc2c(O)[nH]c3c(Cl)cc(Cl)cc23)cc1. The second kappa shape index (κ2) is 7.90. The van der Waals surface area contributed by atoms with Crippen LogP contribution in [0.1, 0.15) is 6.92 Å². The van der Waals surface area contributed by atoms with E-state index < -0.39 is 0 Å². The number of ether oxygens (including phenoxy) is 1. The molecule has 0 fully saturated rings. The molecule has 0 amide bonds. The minimum absolute atomic E-state index is 0.135. The second-order valence-corrected chi connectivity index (χ2v) is 6.45. The van der Waals surface area contributed by atoms with E-state index in [0.717, 1.165) is 11.4 Å². The third-order valence-electron chi connectivity index (χ3n) is 3.44. The number of hydrogen-bond donors (Lipinski definition) is 3. The highest BCUT2D eigenvalue weighted by Gasteiger charge is 2.14. The van der Waals surface area contributed by atoms with Gasteiger partial charge in [-0.05, 0) is 55.5 Å². The minimum Gasteiger partial charge on any atom is -0.494 e. The molecule has 0 saturated heterocycles. The highest BCUT2D eigenvalue weighted by atomic mass is 35.5. The number of aromatic amines is 1. The topological polar surface area (TPSA) is 82.0 Å². The first-order chi connectivity index (χ1) is 12.5. The van der Waals surface area contributed by atoms with E-state index >= 15 is 0 Å². The fourth-order valence-electron chi connectivity index (χ4n) is 2.34. The van der Waals surface area contributed by atoms with Gasteiger partial charge in [0, 0.05) is 16.1 Å². The van der Waals surface area contributed by atoms with Gasteiger partial charge in [0.2, 0.25) is 11.0 Å². The number of fused-ring (bicyclic) bond motifs is 1. The number of benzene rings is 2. The van der Waals surface area contributed by atoms with E-state index in [0.29, 0.717) is 27.6 Å². The van der Waals surface area contributed by atoms with Crippen molar-refractivity contribution >= 4 is 62.8 Å². The van der Waals surface area contributed by atoms with Gasteiger partial charge in [0.25, 0.3) is 0 Å². The molecule has 0 aliphatic rings. The van der Waals surface area contributed by atoms with Crippen LogP contribution in [-0.2, 0) is 0 Å². The van der Waals surface area contributed by atoms with Crippen LogP contribution in [0.5, 0.6) is 11.6 Å². The molecule has 0 radical (unpaired) electrons. The van der Waals surface area contributed by atoms with Crippen molar-refractivity contribution in [2.45, 2.75) is 6.92 Å². The molecule has 3 aromatic rings. The average molecular weight is 409 g/mol. The number of azo groups is 1. The lowest BCUT2D eigenvalue weighted by Crippen LogP contribution is -2.04. The summed E-state index contributed by atoms with van der Waals surface area (Å²) in [6, 6.07) is 10.5. The summed E-state index contributed by atoms with van der Waals surface area (Å²) < 4.78 is 5.38. The molecule has 0 bridgehead atoms. The van der Waals surface area contributed by atoms with Crippen molar-refractivity contribution < 1.29 is 9.84 Å². The van der Waals surface area contributed by atoms with Crippen LogP contribution in [-0.4, -0.2) is 21.8 Å². The maximum absolute atomic E-state index is 10.0. The Kier molecular flexibility index (Phi) is 5.61. The molecule has 1 heterocycles. The zero-order valence-electron chi connectivity index (χ0n) is 13.6. The number of nitrogens with zero attached hydrogens (tertiary/aromatic N) is 2. The first-order valence-corrected chi connectivity index (χ1v) is 8.79. The lowest BCUT2D eigenvalue weighted by molar-refractivity contribution is 0.340. The summed E-state index contributed by atoms with van der Waals surface area (Å²) in [4.78, 5) is 2.75. The fourth-order valence-corrected chi connectivity index (χ4v) is 3.04. The summed E-state index contributed by atoms with van der Waals surface area (Å²) in [5, 5.41) is 22.4. The molecule has 0 aliphatic carbocycles. The van der Waals surface area contributed by atoms with Gasteiger partial charge in [-0.25, -0.2) is 0 Å². The van der Waals surface area contributed by atoms with Gasteiger partial charge in [-0.15, -0.1) is 10.2 Å². The monoisotopic (exact) mass is 408 g/mol. The van der Waals surface area contributed by atoms with Crippen molar-refractivity contribution in [3.8, 4) is 11.6 Å². The first kappa shape index (κ1) is 18.4. The minimum atomic E-state index is -0.170. The van der Waals surface area contributed by atoms with E-state index in [1.807, 2.05) is 31.2 Å². The average Bonchev–Trinajstić information content (AvgIpc) is 2.91. The molecular weight excluding hydrogens is 395 g/mol. The van der Waals surface area contributed by atoms with Crippen molar-refractivity contribution in [2.24, 2.45) is 10.2 Å². The quantitative estimate of drug-likeness (QED) is 0.361. The highest BCUT2D eigenvalue weighted by Crippen LogP contribution is 2.40. The molecule has 26 heavy (non-hydrogen) atoms. The molecule has 0 aliphatic heterocycles. The maximum Gasteiger partial charge on any atom is 0.218 e. The second-order valence-electron chi connectivity index (χ2n) is 5.22. The summed E-state index contributed by atoms with van der Waals surface area (Å²) in [7, 11) is 0. The Labute approximate surface area is 164 Å². The van der Waals surface area contributed by atoms with Crippen molar-refractivity contribution in [1.29, 1.82) is 0 Å². The van der Waals surface area contributed by atoms with Crippen LogP contribution < -0.4 is 10.1 Å². The van der Waals surface area contributed by atoms with E-state index in [2.05, 4.69) is 20.5 Å². The molecule has 1 aromatic heterocycles. The number of H-pyrrole nitrogens is 1. The van der Waals surface area contributed by atoms with E-state index in [4.69, 9.17) is 40.2 Å². The zero-order chi connectivity index (χ0) is 18.7. The van der Waals surface area contributed by atoms with Crippen molar-refractivity contribution in [3.05, 3.63) is 46.4 Å². The van der Waals surface area contributed by atoms with Crippen LogP contribution >= 0.6 is 35.4 Å². The third kappa shape index (κ3) is 4.07. The predicted octanol–water partition coefficient (Wildman–Crippen LogP) is 6.06. The molecular formula is C17H14Cl2N4O2S. The van der Waals surface area contributed by atoms with Crippen LogP contribution in [0.2, 0.25) is 10.0 Å². The zero-order valence-corrected chi connectivity index (χ0v) is 15.9. The summed E-state index contributed by atoms with van der Waals surface area (Å²) in [5.74, 6) is 0.597. The molecule has 0 unspecified atom stereocenters. The standard InChI is InChI=1S/C17H14Cl2N4O2S/c1-2-25-11-5-3-10(4-6-11)20-17(26)23-22-15-12-7-9(18)8-13(19)14(12)21-16(15)24/h3-8,21,24H,2H2,1H3,(H,20,26). The number of aromatic nitrogens is 1. The summed E-state index contributed by atoms with van der Waals surface area (Å²) in [6.45, 7) is 2.52. The summed E-state index contributed by atoms with van der Waals surface area (Å²) in [6.07, 6.45) is 0. The smallest absolute Gasteiger partial charge is 0.218 e. The van der Waals surface area contributed by atoms with Gasteiger partial charge in [-0.3, -0.25) is 0 Å². The fraction of sp³-hybridized carbons (Fsp3) is 0.118. The third-order valence-corrected chi connectivity index (χ3v) is 4.14. The molecule has 0 saturated carbocycles. The number of nitrogens with one attached hydrogen (secondary N) is 2. The molecule has 134 valence electrons. The Hall–Kier alpha value is -2.35. The molecule has 3 N–H and O–H groups in total. The number of anilines is 1. The molecule has 6 nitrogen and oxygen atoms in total. The Morgan fingerprint density at radius 2 is 2.00 bits per heavy atom. The number of aromatic hydroxyl groups is 1. The van der Waals surface area contributed by atoms with Gasteiger partial charge in [0.05, 0.1) is 17.1 Å². The van der Waals surface area contributed by atoms with Gasteiger partial charge in [0.15, 0.2) is 5.69 Å². The van der Waals surface area contributed by atoms with Gasteiger partial charge in [-0.1, -0.05) is 23.2 Å². The van der Waals surface area contributed by atoms with Crippen molar-refractivity contribution in [1.82, 2.24) is 4.98 Å². The first-order valence-electron chi connectivity index (χ1n) is 7.63. The Bertz CT molecular complexity index is 987. The van der Waals surface area contributed by atoms with Crippen LogP contribution in [0.3, 0.4) is 0 Å². The van der Waals surface area contributed by atoms with E-state index in [1.165, 1.54) is 0 Å². The maximum atomic E-state index is 10.0. The number of hydrogen-bond acceptors (Lipinski definition) is 4. The Morgan fingerprint density at radius 3 is 2.69 bits per heavy atom. The normalized spacial score (nSPS) is 11.2. The Balaban J connectivity index is 1.78. The van der Waals surface area contributed by atoms with Gasteiger partial charge in [-0.2, -0.15) is 0 Å². The lowest BCUT2D eigenvalue weighted by atomic mass is 10.2. The molecule has 2 aromatic carbocycles. The van der Waals surface area contributed by atoms with Crippen LogP contribution in [0, 0.1) is 0 Å². The van der Waals surface area contributed by atoms with Crippen LogP contribution in [0.4, 0.5) is 11.4 Å². The van der Waals surface area contributed by atoms with Gasteiger partial charge >= 0.3 is 0 Å². The highest BCUT2D eigenvalue weighted by molar-refractivity contribution is 7.80. The molecule has 0 atom stereocenters. The number of rotatable bonds is 4. The number of thiocarbonyl (C=S) groups is 1. The van der Waals surface area contributed by atoms with Crippen LogP contribution in [0.15, 0.2) is 46.6 Å². The largest absolute Gasteiger partial charge is 0.494 e. The Morgan fingerprint density at radius 1 is 1.27 bits per heavy atom. The molecule has 9 heteroatoms. The van der Waals surface area contributed by atoms with Crippen molar-refractivity contribution in [3.63, 3.8) is 0 Å². The molecule has 3 rings (SSSR count). The summed E-state index contributed by atoms with van der Waals surface area (Å²) in [5.41, 5.74) is 1.47. The number of halogens is 2. The van der Waals surface area contributed by atoms with E-state index in [1.54, 1.807) is 12.1 Å². The van der Waals surface area contributed by atoms with Gasteiger partial charge in [0.1, 0.15) is 5.75 Å². The van der Waals surface area contributed by atoms with Crippen LogP contribution in [0.25, 0.3) is 10.9 Å². The van der Waals surface area contributed by atoms with Gasteiger partial charge < -0.3 is 20.1 Å². The lowest BCUT2D eigenvalue weighted by Gasteiger charge is -2.05. The van der Waals surface area contributed by atoms with Crippen molar-refractivity contribution in [2.75, 3.05) is 11.9 Å². The summed E-state index contributed by atoms with van der Waals surface area (Å²) >= 11 is 17.3.